The number of rotatable bonds is 8. The van der Waals surface area contributed by atoms with Gasteiger partial charge in [0.05, 0.1) is 11.4 Å². The quantitative estimate of drug-likeness (QED) is 0.152. The molecule has 3 heterocycles. The number of nitrogens with zero attached hydrogens (tertiary/aromatic N) is 5. The molecule has 0 atom stereocenters. The molecular formula is C59H37N5O. The van der Waals surface area contributed by atoms with Gasteiger partial charge in [-0.05, 0) is 70.1 Å². The first kappa shape index (κ1) is 37.9. The van der Waals surface area contributed by atoms with Crippen molar-refractivity contribution in [2.24, 2.45) is 0 Å². The maximum absolute atomic E-state index is 6.59. The smallest absolute Gasteiger partial charge is 0.164 e. The Bertz CT molecular complexity index is 3720. The molecular weight excluding hydrogens is 795 g/mol. The molecule has 0 radical (unpaired) electrons. The van der Waals surface area contributed by atoms with Gasteiger partial charge >= 0.3 is 0 Å². The van der Waals surface area contributed by atoms with Crippen LogP contribution in [0.1, 0.15) is 0 Å². The lowest BCUT2D eigenvalue weighted by Crippen LogP contribution is -2.00. The van der Waals surface area contributed by atoms with Gasteiger partial charge in [-0.1, -0.05) is 182 Å². The van der Waals surface area contributed by atoms with Crippen LogP contribution in [0.5, 0.6) is 0 Å². The fraction of sp³-hybridized carbons (Fsp3) is 0. The maximum atomic E-state index is 6.59. The second-order valence-electron chi connectivity index (χ2n) is 16.1. The van der Waals surface area contributed by atoms with Crippen LogP contribution < -0.4 is 0 Å². The van der Waals surface area contributed by atoms with Gasteiger partial charge in [0.25, 0.3) is 0 Å². The van der Waals surface area contributed by atoms with Crippen molar-refractivity contribution in [3.05, 3.63) is 224 Å². The van der Waals surface area contributed by atoms with Crippen molar-refractivity contribution in [1.82, 2.24) is 24.9 Å². The Labute approximate surface area is 375 Å². The first-order valence-electron chi connectivity index (χ1n) is 21.6. The van der Waals surface area contributed by atoms with Crippen LogP contribution in [0.4, 0.5) is 0 Å². The van der Waals surface area contributed by atoms with Crippen molar-refractivity contribution in [3.8, 4) is 90.3 Å². The molecule has 12 aromatic rings. The summed E-state index contributed by atoms with van der Waals surface area (Å²) in [5.74, 6) is 2.47. The monoisotopic (exact) mass is 831 g/mol. The molecule has 304 valence electrons. The zero-order valence-corrected chi connectivity index (χ0v) is 35.0. The predicted molar refractivity (Wildman–Crippen MR) is 264 cm³/mol. The van der Waals surface area contributed by atoms with E-state index in [1.165, 1.54) is 0 Å². The van der Waals surface area contributed by atoms with Crippen LogP contribution in [-0.4, -0.2) is 24.9 Å². The molecule has 0 N–H and O–H groups in total. The summed E-state index contributed by atoms with van der Waals surface area (Å²) in [6.45, 7) is 0. The van der Waals surface area contributed by atoms with Crippen molar-refractivity contribution >= 4 is 32.7 Å². The lowest BCUT2D eigenvalue weighted by atomic mass is 9.98. The van der Waals surface area contributed by atoms with Crippen LogP contribution >= 0.6 is 0 Å². The van der Waals surface area contributed by atoms with Crippen molar-refractivity contribution in [2.45, 2.75) is 0 Å². The number of aromatic nitrogens is 5. The highest BCUT2D eigenvalue weighted by molar-refractivity contribution is 6.15. The molecule has 0 saturated carbocycles. The average Bonchev–Trinajstić information content (AvgIpc) is 3.78. The van der Waals surface area contributed by atoms with E-state index in [1.54, 1.807) is 0 Å². The molecule has 0 aliphatic carbocycles. The van der Waals surface area contributed by atoms with E-state index < -0.39 is 0 Å². The number of furan rings is 1. The Morgan fingerprint density at radius 1 is 0.246 bits per heavy atom. The average molecular weight is 832 g/mol. The van der Waals surface area contributed by atoms with E-state index in [-0.39, 0.29) is 0 Å². The van der Waals surface area contributed by atoms with Crippen LogP contribution in [0.25, 0.3) is 123 Å². The number of benzene rings is 9. The van der Waals surface area contributed by atoms with Gasteiger partial charge in [-0.3, -0.25) is 0 Å². The fourth-order valence-corrected chi connectivity index (χ4v) is 8.64. The molecule has 0 aliphatic heterocycles. The standard InChI is InChI=1S/C59H37N5O/c1-4-15-38(16-5-1)42-22-13-26-47(34-42)58-62-57(41-20-8-3-9-21-41)63-59(64-58)48-27-14-24-44(35-48)43-23-12-25-45(33-43)52-37-53(61-56(60-52)40-18-6-2-7-19-40)46-30-31-50-51-32-29-39-17-10-11-28-49(39)55(51)65-54(50)36-46/h1-37H. The minimum Gasteiger partial charge on any atom is -0.455 e. The Kier molecular flexibility index (Phi) is 9.38. The third kappa shape index (κ3) is 7.29. The minimum atomic E-state index is 0.597. The fourth-order valence-electron chi connectivity index (χ4n) is 8.64. The summed E-state index contributed by atoms with van der Waals surface area (Å²) in [4.78, 5) is 25.5. The second kappa shape index (κ2) is 16.1. The summed E-state index contributed by atoms with van der Waals surface area (Å²) in [5, 5.41) is 4.42. The predicted octanol–water partition coefficient (Wildman–Crippen LogP) is 15.1. The van der Waals surface area contributed by atoms with Crippen molar-refractivity contribution in [3.63, 3.8) is 0 Å². The zero-order valence-electron chi connectivity index (χ0n) is 35.0. The van der Waals surface area contributed by atoms with Gasteiger partial charge in [0.2, 0.25) is 0 Å². The second-order valence-corrected chi connectivity index (χ2v) is 16.1. The van der Waals surface area contributed by atoms with Gasteiger partial charge in [-0.25, -0.2) is 24.9 Å². The molecule has 0 bridgehead atoms. The molecule has 0 unspecified atom stereocenters. The molecule has 9 aromatic carbocycles. The number of hydrogen-bond donors (Lipinski definition) is 0. The van der Waals surface area contributed by atoms with E-state index in [9.17, 15) is 0 Å². The Hall–Kier alpha value is -8.87. The highest BCUT2D eigenvalue weighted by Gasteiger charge is 2.17. The van der Waals surface area contributed by atoms with Crippen LogP contribution in [-0.2, 0) is 0 Å². The third-order valence-electron chi connectivity index (χ3n) is 11.9. The molecule has 0 saturated heterocycles. The van der Waals surface area contributed by atoms with Crippen molar-refractivity contribution in [2.75, 3.05) is 0 Å². The Morgan fingerprint density at radius 2 is 0.677 bits per heavy atom. The summed E-state index contributed by atoms with van der Waals surface area (Å²) in [6, 6.07) is 77.0. The van der Waals surface area contributed by atoms with Crippen LogP contribution in [0, 0.1) is 0 Å². The third-order valence-corrected chi connectivity index (χ3v) is 11.9. The van der Waals surface area contributed by atoms with Gasteiger partial charge in [0.1, 0.15) is 11.2 Å². The van der Waals surface area contributed by atoms with E-state index in [2.05, 4.69) is 158 Å². The zero-order chi connectivity index (χ0) is 43.1. The summed E-state index contributed by atoms with van der Waals surface area (Å²) < 4.78 is 6.59. The molecule has 3 aromatic heterocycles. The van der Waals surface area contributed by atoms with E-state index in [0.717, 1.165) is 99.7 Å². The summed E-state index contributed by atoms with van der Waals surface area (Å²) in [5.41, 5.74) is 13.2. The van der Waals surface area contributed by atoms with E-state index in [0.29, 0.717) is 23.3 Å². The van der Waals surface area contributed by atoms with Crippen molar-refractivity contribution < 1.29 is 4.42 Å². The Morgan fingerprint density at radius 3 is 1.29 bits per heavy atom. The van der Waals surface area contributed by atoms with Crippen LogP contribution in [0.3, 0.4) is 0 Å². The normalized spacial score (nSPS) is 11.4. The van der Waals surface area contributed by atoms with Gasteiger partial charge in [-0.15, -0.1) is 0 Å². The molecule has 0 fully saturated rings. The highest BCUT2D eigenvalue weighted by atomic mass is 16.3. The summed E-state index contributed by atoms with van der Waals surface area (Å²) in [6.07, 6.45) is 0. The maximum Gasteiger partial charge on any atom is 0.164 e. The lowest BCUT2D eigenvalue weighted by molar-refractivity contribution is 0.673. The van der Waals surface area contributed by atoms with Crippen molar-refractivity contribution in [1.29, 1.82) is 0 Å². The molecule has 6 heteroatoms. The summed E-state index contributed by atoms with van der Waals surface area (Å²) >= 11 is 0. The minimum absolute atomic E-state index is 0.597. The molecule has 12 rings (SSSR count). The van der Waals surface area contributed by atoms with Crippen LogP contribution in [0.15, 0.2) is 229 Å². The molecule has 0 amide bonds. The lowest BCUT2D eigenvalue weighted by Gasteiger charge is -2.12. The topological polar surface area (TPSA) is 77.6 Å². The molecule has 0 aliphatic rings. The number of fused-ring (bicyclic) bond motifs is 5. The highest BCUT2D eigenvalue weighted by Crippen LogP contribution is 2.38. The molecule has 0 spiro atoms. The number of hydrogen-bond acceptors (Lipinski definition) is 6. The first-order chi connectivity index (χ1) is 32.2. The van der Waals surface area contributed by atoms with E-state index >= 15 is 0 Å². The van der Waals surface area contributed by atoms with Gasteiger partial charge < -0.3 is 4.42 Å². The van der Waals surface area contributed by atoms with Gasteiger partial charge in [0.15, 0.2) is 23.3 Å². The van der Waals surface area contributed by atoms with E-state index in [4.69, 9.17) is 29.3 Å². The van der Waals surface area contributed by atoms with Crippen LogP contribution in [0.2, 0.25) is 0 Å². The summed E-state index contributed by atoms with van der Waals surface area (Å²) in [7, 11) is 0. The SMILES string of the molecule is c1ccc(-c2cccc(-c3nc(-c4ccccc4)nc(-c4cccc(-c5cccc(-c6cc(-c7ccc8c(c7)oc7c9ccccc9ccc87)nc(-c7ccccc7)n6)c5)c4)n3)c2)cc1. The Balaban J connectivity index is 0.937. The van der Waals surface area contributed by atoms with E-state index in [1.807, 2.05) is 66.7 Å². The molecule has 6 nitrogen and oxygen atoms in total. The largest absolute Gasteiger partial charge is 0.455 e. The van der Waals surface area contributed by atoms with Gasteiger partial charge in [0, 0.05) is 49.5 Å². The van der Waals surface area contributed by atoms with Gasteiger partial charge in [-0.2, -0.15) is 0 Å². The molecule has 65 heavy (non-hydrogen) atoms. The first-order valence-corrected chi connectivity index (χ1v) is 21.6.